The summed E-state index contributed by atoms with van der Waals surface area (Å²) in [6.07, 6.45) is 3.91. The van der Waals surface area contributed by atoms with Gasteiger partial charge in [-0.25, -0.2) is 0 Å². The number of hydrogen-bond acceptors (Lipinski definition) is 4. The van der Waals surface area contributed by atoms with Crippen molar-refractivity contribution in [3.8, 4) is 0 Å². The minimum absolute atomic E-state index is 0.220. The molecule has 1 saturated heterocycles. The number of rotatable bonds is 6. The van der Waals surface area contributed by atoms with Crippen LogP contribution in [0.3, 0.4) is 0 Å². The van der Waals surface area contributed by atoms with Gasteiger partial charge in [0.2, 0.25) is 5.91 Å². The summed E-state index contributed by atoms with van der Waals surface area (Å²) in [5.41, 5.74) is 5.46. The van der Waals surface area contributed by atoms with Gasteiger partial charge in [-0.05, 0) is 6.42 Å². The first-order chi connectivity index (χ1) is 8.67. The molecule has 0 aromatic carbocycles. The summed E-state index contributed by atoms with van der Waals surface area (Å²) in [6, 6.07) is 0. The Bertz CT molecular complexity index is 286. The molecular formula is C12H24N4O2. The highest BCUT2D eigenvalue weighted by molar-refractivity contribution is 5.81. The van der Waals surface area contributed by atoms with Crippen LogP contribution in [-0.2, 0) is 4.79 Å². The molecule has 0 aromatic rings. The van der Waals surface area contributed by atoms with Crippen LogP contribution in [0.4, 0.5) is 0 Å². The molecule has 18 heavy (non-hydrogen) atoms. The van der Waals surface area contributed by atoms with E-state index < -0.39 is 0 Å². The predicted octanol–water partition coefficient (Wildman–Crippen LogP) is 0.457. The number of hydrogen-bond donors (Lipinski definition) is 2. The lowest BCUT2D eigenvalue weighted by atomic mass is 10.2. The van der Waals surface area contributed by atoms with Gasteiger partial charge in [0.05, 0.1) is 6.54 Å². The number of piperazine rings is 1. The van der Waals surface area contributed by atoms with E-state index in [0.29, 0.717) is 13.0 Å². The quantitative estimate of drug-likeness (QED) is 0.238. The first-order valence-electron chi connectivity index (χ1n) is 6.64. The molecule has 0 aromatic heterocycles. The average Bonchev–Trinajstić information content (AvgIpc) is 2.39. The van der Waals surface area contributed by atoms with E-state index in [1.165, 1.54) is 0 Å². The second-order valence-electron chi connectivity index (χ2n) is 4.71. The molecule has 1 aliphatic heterocycles. The zero-order valence-electron chi connectivity index (χ0n) is 11.1. The lowest BCUT2D eigenvalue weighted by molar-refractivity contribution is -0.132. The number of nitrogens with two attached hydrogens (primary N) is 1. The molecule has 3 N–H and O–H groups in total. The van der Waals surface area contributed by atoms with E-state index in [9.17, 15) is 4.79 Å². The molecule has 1 amide bonds. The molecular weight excluding hydrogens is 232 g/mol. The van der Waals surface area contributed by atoms with Gasteiger partial charge in [0.1, 0.15) is 0 Å². The number of oxime groups is 1. The second kappa shape index (κ2) is 7.92. The first kappa shape index (κ1) is 14.8. The van der Waals surface area contributed by atoms with E-state index in [4.69, 9.17) is 10.9 Å². The minimum Gasteiger partial charge on any atom is -0.409 e. The molecule has 1 rings (SSSR count). The van der Waals surface area contributed by atoms with Crippen LogP contribution in [0.15, 0.2) is 5.16 Å². The number of carbonyl (C=O) groups excluding carboxylic acids is 1. The summed E-state index contributed by atoms with van der Waals surface area (Å²) < 4.78 is 0. The summed E-state index contributed by atoms with van der Waals surface area (Å²) >= 11 is 0. The fourth-order valence-electron chi connectivity index (χ4n) is 2.10. The van der Waals surface area contributed by atoms with Gasteiger partial charge in [-0.3, -0.25) is 9.69 Å². The Balaban J connectivity index is 2.24. The Labute approximate surface area is 108 Å². The van der Waals surface area contributed by atoms with Crippen molar-refractivity contribution in [1.29, 1.82) is 0 Å². The van der Waals surface area contributed by atoms with Crippen molar-refractivity contribution in [3.05, 3.63) is 0 Å². The Morgan fingerprint density at radius 2 is 1.94 bits per heavy atom. The molecule has 0 radical (unpaired) electrons. The van der Waals surface area contributed by atoms with Crippen molar-refractivity contribution >= 4 is 11.7 Å². The number of amidine groups is 1. The van der Waals surface area contributed by atoms with Crippen molar-refractivity contribution in [1.82, 2.24) is 9.80 Å². The van der Waals surface area contributed by atoms with Gasteiger partial charge in [-0.15, -0.1) is 0 Å². The van der Waals surface area contributed by atoms with Gasteiger partial charge in [0.15, 0.2) is 5.84 Å². The van der Waals surface area contributed by atoms with Crippen molar-refractivity contribution in [2.75, 3.05) is 32.7 Å². The maximum Gasteiger partial charge on any atom is 0.222 e. The van der Waals surface area contributed by atoms with Crippen LogP contribution < -0.4 is 5.73 Å². The summed E-state index contributed by atoms with van der Waals surface area (Å²) in [4.78, 5) is 15.9. The molecule has 6 heteroatoms. The Kier molecular flexibility index (Phi) is 6.49. The lowest BCUT2D eigenvalue weighted by Gasteiger charge is -2.34. The lowest BCUT2D eigenvalue weighted by Crippen LogP contribution is -2.50. The van der Waals surface area contributed by atoms with E-state index in [-0.39, 0.29) is 11.7 Å². The van der Waals surface area contributed by atoms with E-state index in [1.54, 1.807) is 0 Å². The maximum absolute atomic E-state index is 11.9. The van der Waals surface area contributed by atoms with Gasteiger partial charge in [-0.1, -0.05) is 24.9 Å². The van der Waals surface area contributed by atoms with E-state index >= 15 is 0 Å². The van der Waals surface area contributed by atoms with E-state index in [0.717, 1.165) is 45.4 Å². The number of carbonyl (C=O) groups is 1. The average molecular weight is 256 g/mol. The third kappa shape index (κ3) is 4.91. The second-order valence-corrected chi connectivity index (χ2v) is 4.71. The largest absolute Gasteiger partial charge is 0.409 e. The molecule has 1 aliphatic rings. The number of amides is 1. The summed E-state index contributed by atoms with van der Waals surface area (Å²) in [5, 5.41) is 11.5. The van der Waals surface area contributed by atoms with Crippen LogP contribution in [0.1, 0.15) is 32.6 Å². The first-order valence-corrected chi connectivity index (χ1v) is 6.64. The van der Waals surface area contributed by atoms with Crippen molar-refractivity contribution in [2.45, 2.75) is 32.6 Å². The zero-order valence-corrected chi connectivity index (χ0v) is 11.1. The summed E-state index contributed by atoms with van der Waals surface area (Å²) in [7, 11) is 0. The SMILES string of the molecule is CCCCCC(=O)N1CCN(CC(N)=NO)CC1. The van der Waals surface area contributed by atoms with Crippen LogP contribution in [0, 0.1) is 0 Å². The standard InChI is InChI=1S/C12H24N4O2/c1-2-3-4-5-12(17)16-8-6-15(7-9-16)10-11(13)14-18/h18H,2-10H2,1H3,(H2,13,14). The van der Waals surface area contributed by atoms with Crippen molar-refractivity contribution < 1.29 is 10.0 Å². The van der Waals surface area contributed by atoms with Crippen molar-refractivity contribution in [3.63, 3.8) is 0 Å². The Morgan fingerprint density at radius 1 is 1.28 bits per heavy atom. The molecule has 1 fully saturated rings. The molecule has 0 spiro atoms. The zero-order chi connectivity index (χ0) is 13.4. The number of nitrogens with zero attached hydrogens (tertiary/aromatic N) is 3. The summed E-state index contributed by atoms with van der Waals surface area (Å²) in [6.45, 7) is 5.66. The summed E-state index contributed by atoms with van der Waals surface area (Å²) in [5.74, 6) is 0.476. The third-order valence-corrected chi connectivity index (χ3v) is 3.23. The van der Waals surface area contributed by atoms with Crippen LogP contribution in [0.2, 0.25) is 0 Å². The fourth-order valence-corrected chi connectivity index (χ4v) is 2.10. The Hall–Kier alpha value is -1.30. The van der Waals surface area contributed by atoms with Gasteiger partial charge < -0.3 is 15.8 Å². The van der Waals surface area contributed by atoms with Gasteiger partial charge in [0, 0.05) is 32.6 Å². The maximum atomic E-state index is 11.9. The molecule has 6 nitrogen and oxygen atoms in total. The topological polar surface area (TPSA) is 82.2 Å². The van der Waals surface area contributed by atoms with Gasteiger partial charge >= 0.3 is 0 Å². The molecule has 0 unspecified atom stereocenters. The highest BCUT2D eigenvalue weighted by Crippen LogP contribution is 2.07. The molecule has 0 aliphatic carbocycles. The van der Waals surface area contributed by atoms with Crippen LogP contribution in [0.25, 0.3) is 0 Å². The van der Waals surface area contributed by atoms with Gasteiger partial charge in [-0.2, -0.15) is 0 Å². The molecule has 0 bridgehead atoms. The smallest absolute Gasteiger partial charge is 0.222 e. The van der Waals surface area contributed by atoms with Crippen LogP contribution in [-0.4, -0.2) is 59.5 Å². The third-order valence-electron chi connectivity index (χ3n) is 3.23. The molecule has 0 atom stereocenters. The molecule has 104 valence electrons. The van der Waals surface area contributed by atoms with Crippen LogP contribution in [0.5, 0.6) is 0 Å². The van der Waals surface area contributed by atoms with Gasteiger partial charge in [0.25, 0.3) is 0 Å². The molecule has 0 saturated carbocycles. The minimum atomic E-state index is 0.220. The number of unbranched alkanes of at least 4 members (excludes halogenated alkanes) is 2. The Morgan fingerprint density at radius 3 is 2.50 bits per heavy atom. The monoisotopic (exact) mass is 256 g/mol. The van der Waals surface area contributed by atoms with E-state index in [1.807, 2.05) is 4.90 Å². The highest BCUT2D eigenvalue weighted by atomic mass is 16.4. The normalized spacial score (nSPS) is 18.1. The van der Waals surface area contributed by atoms with E-state index in [2.05, 4.69) is 17.0 Å². The fraction of sp³-hybridized carbons (Fsp3) is 0.833. The molecule has 1 heterocycles. The van der Waals surface area contributed by atoms with Crippen LogP contribution >= 0.6 is 0 Å². The van der Waals surface area contributed by atoms with Crippen molar-refractivity contribution in [2.24, 2.45) is 10.9 Å². The highest BCUT2D eigenvalue weighted by Gasteiger charge is 2.20. The predicted molar refractivity (Wildman–Crippen MR) is 70.6 cm³/mol.